The molecule has 0 saturated heterocycles. The summed E-state index contributed by atoms with van der Waals surface area (Å²) in [6.45, 7) is 3.73. The molecule has 4 aromatic rings. The lowest BCUT2D eigenvalue weighted by Crippen LogP contribution is -2.31. The third-order valence-corrected chi connectivity index (χ3v) is 5.55. The molecule has 0 aliphatic heterocycles. The van der Waals surface area contributed by atoms with Gasteiger partial charge in [0.1, 0.15) is 11.6 Å². The maximum absolute atomic E-state index is 14.7. The van der Waals surface area contributed by atoms with Crippen molar-refractivity contribution in [2.24, 2.45) is 5.92 Å². The van der Waals surface area contributed by atoms with Gasteiger partial charge in [-0.3, -0.25) is 14.7 Å². The molecule has 1 saturated carbocycles. The molecule has 2 amide bonds. The van der Waals surface area contributed by atoms with Gasteiger partial charge < -0.3 is 15.0 Å². The molecule has 34 heavy (non-hydrogen) atoms. The van der Waals surface area contributed by atoms with Gasteiger partial charge in [-0.05, 0) is 44.9 Å². The molecule has 0 atom stereocenters. The monoisotopic (exact) mass is 463 g/mol. The van der Waals surface area contributed by atoms with Gasteiger partial charge in [0.25, 0.3) is 5.91 Å². The lowest BCUT2D eigenvalue weighted by atomic mass is 10.2. The number of nitrogens with zero attached hydrogens (tertiary/aromatic N) is 5. The highest BCUT2D eigenvalue weighted by atomic mass is 19.1. The Hall–Kier alpha value is -4.28. The molecule has 1 fully saturated rings. The van der Waals surface area contributed by atoms with Crippen LogP contribution in [0.5, 0.6) is 11.6 Å². The maximum Gasteiger partial charge on any atom is 0.261 e. The average molecular weight is 463 g/mol. The van der Waals surface area contributed by atoms with Crippen molar-refractivity contribution in [1.29, 1.82) is 0 Å². The van der Waals surface area contributed by atoms with Gasteiger partial charge in [0.15, 0.2) is 11.5 Å². The number of ether oxygens (including phenoxy) is 1. The van der Waals surface area contributed by atoms with Crippen LogP contribution in [0.1, 0.15) is 35.8 Å². The van der Waals surface area contributed by atoms with Crippen LogP contribution in [-0.2, 0) is 4.79 Å². The first-order valence-electron chi connectivity index (χ1n) is 10.9. The van der Waals surface area contributed by atoms with Gasteiger partial charge in [0.2, 0.25) is 11.8 Å². The van der Waals surface area contributed by atoms with E-state index in [9.17, 15) is 14.0 Å². The Morgan fingerprint density at radius 3 is 2.82 bits per heavy atom. The number of aromatic nitrogens is 5. The van der Waals surface area contributed by atoms with E-state index in [-0.39, 0.29) is 35.8 Å². The third kappa shape index (κ3) is 4.19. The zero-order valence-corrected chi connectivity index (χ0v) is 18.6. The van der Waals surface area contributed by atoms with Crippen LogP contribution in [0.4, 0.5) is 15.9 Å². The Kier molecular flexibility index (Phi) is 5.44. The number of amides is 2. The highest BCUT2D eigenvalue weighted by Gasteiger charge is 2.30. The van der Waals surface area contributed by atoms with Crippen molar-refractivity contribution in [2.75, 3.05) is 16.8 Å². The lowest BCUT2D eigenvalue weighted by Gasteiger charge is -2.22. The van der Waals surface area contributed by atoms with Gasteiger partial charge in [-0.2, -0.15) is 5.10 Å². The zero-order chi connectivity index (χ0) is 23.8. The molecular formula is C23H22FN7O3. The summed E-state index contributed by atoms with van der Waals surface area (Å²) >= 11 is 0. The molecule has 3 heterocycles. The molecule has 1 aromatic carbocycles. The van der Waals surface area contributed by atoms with Crippen molar-refractivity contribution in [3.05, 3.63) is 59.8 Å². The second-order valence-electron chi connectivity index (χ2n) is 8.04. The first-order valence-corrected chi connectivity index (χ1v) is 10.9. The molecule has 2 N–H and O–H groups in total. The molecule has 3 aromatic heterocycles. The minimum absolute atomic E-state index is 0.0423. The van der Waals surface area contributed by atoms with Gasteiger partial charge in [0.05, 0.1) is 23.6 Å². The topological polar surface area (TPSA) is 118 Å². The number of hydrogen-bond acceptors (Lipinski definition) is 6. The average Bonchev–Trinajstić information content (AvgIpc) is 3.47. The van der Waals surface area contributed by atoms with E-state index < -0.39 is 5.82 Å². The maximum atomic E-state index is 14.7. The van der Waals surface area contributed by atoms with Gasteiger partial charge in [-0.1, -0.05) is 0 Å². The van der Waals surface area contributed by atoms with Crippen molar-refractivity contribution >= 4 is 29.0 Å². The first-order chi connectivity index (χ1) is 16.4. The summed E-state index contributed by atoms with van der Waals surface area (Å²) in [7, 11) is 0. The van der Waals surface area contributed by atoms with E-state index in [4.69, 9.17) is 4.74 Å². The number of H-pyrrole nitrogens is 1. The number of nitrogens with one attached hydrogen (secondary N) is 2. The van der Waals surface area contributed by atoms with Gasteiger partial charge >= 0.3 is 0 Å². The molecule has 0 unspecified atom stereocenters. The fraction of sp³-hybridized carbons (Fsp3) is 0.261. The summed E-state index contributed by atoms with van der Waals surface area (Å²) in [5.74, 6) is 0.0534. The highest BCUT2D eigenvalue weighted by Crippen LogP contribution is 2.31. The second kappa shape index (κ2) is 8.58. The zero-order valence-electron chi connectivity index (χ0n) is 18.6. The van der Waals surface area contributed by atoms with Crippen LogP contribution < -0.4 is 15.0 Å². The quantitative estimate of drug-likeness (QED) is 0.432. The molecule has 174 valence electrons. The van der Waals surface area contributed by atoms with Crippen LogP contribution in [0, 0.1) is 18.7 Å². The SMILES string of the molecule is CCN(C(=O)c1cn[nH]c1C)c1cc(Oc2ccc3nc(NC(=O)C4CC4)cn3n2)ccc1F. The smallest absolute Gasteiger partial charge is 0.261 e. The van der Waals surface area contributed by atoms with Crippen molar-refractivity contribution in [2.45, 2.75) is 26.7 Å². The van der Waals surface area contributed by atoms with E-state index in [0.717, 1.165) is 12.8 Å². The number of rotatable bonds is 7. The highest BCUT2D eigenvalue weighted by molar-refractivity contribution is 6.06. The van der Waals surface area contributed by atoms with E-state index in [1.807, 2.05) is 0 Å². The molecule has 0 bridgehead atoms. The van der Waals surface area contributed by atoms with Crippen LogP contribution in [0.3, 0.4) is 0 Å². The fourth-order valence-electron chi connectivity index (χ4n) is 3.57. The van der Waals surface area contributed by atoms with Gasteiger partial charge in [-0.25, -0.2) is 13.9 Å². The van der Waals surface area contributed by atoms with Crippen LogP contribution in [0.15, 0.2) is 42.7 Å². The number of carbonyl (C=O) groups is 2. The minimum atomic E-state index is -0.558. The van der Waals surface area contributed by atoms with Crippen LogP contribution in [-0.4, -0.2) is 43.2 Å². The Balaban J connectivity index is 1.38. The summed E-state index contributed by atoms with van der Waals surface area (Å²) in [5, 5.41) is 13.7. The number of halogens is 1. The fourth-order valence-corrected chi connectivity index (χ4v) is 3.57. The van der Waals surface area contributed by atoms with Crippen molar-refractivity contribution in [3.63, 3.8) is 0 Å². The van der Waals surface area contributed by atoms with E-state index in [2.05, 4.69) is 25.6 Å². The summed E-state index contributed by atoms with van der Waals surface area (Å²) in [5.41, 5.74) is 1.59. The van der Waals surface area contributed by atoms with Gasteiger partial charge in [-0.15, -0.1) is 5.10 Å². The Morgan fingerprint density at radius 2 is 2.12 bits per heavy atom. The third-order valence-electron chi connectivity index (χ3n) is 5.55. The van der Waals surface area contributed by atoms with E-state index in [1.54, 1.807) is 32.2 Å². The summed E-state index contributed by atoms with van der Waals surface area (Å²) in [4.78, 5) is 30.6. The normalized spacial score (nSPS) is 13.1. The number of hydrogen-bond donors (Lipinski definition) is 2. The van der Waals surface area contributed by atoms with Crippen LogP contribution in [0.25, 0.3) is 5.65 Å². The number of aromatic amines is 1. The Morgan fingerprint density at radius 1 is 1.29 bits per heavy atom. The summed E-state index contributed by atoms with van der Waals surface area (Å²) in [6.07, 6.45) is 4.82. The number of aryl methyl sites for hydroxylation is 1. The molecular weight excluding hydrogens is 441 g/mol. The van der Waals surface area contributed by atoms with Crippen molar-refractivity contribution in [3.8, 4) is 11.6 Å². The molecule has 1 aliphatic rings. The Labute approximate surface area is 193 Å². The molecule has 1 aliphatic carbocycles. The van der Waals surface area contributed by atoms with Crippen LogP contribution in [0.2, 0.25) is 0 Å². The van der Waals surface area contributed by atoms with E-state index in [0.29, 0.717) is 28.5 Å². The molecule has 5 rings (SSSR count). The van der Waals surface area contributed by atoms with E-state index in [1.165, 1.54) is 33.8 Å². The molecule has 11 heteroatoms. The first kappa shape index (κ1) is 21.6. The largest absolute Gasteiger partial charge is 0.438 e. The number of carbonyl (C=O) groups excluding carboxylic acids is 2. The minimum Gasteiger partial charge on any atom is -0.438 e. The molecule has 0 spiro atoms. The molecule has 0 radical (unpaired) electrons. The lowest BCUT2D eigenvalue weighted by molar-refractivity contribution is -0.117. The van der Waals surface area contributed by atoms with Crippen molar-refractivity contribution < 1.29 is 18.7 Å². The van der Waals surface area contributed by atoms with Crippen LogP contribution >= 0.6 is 0 Å². The summed E-state index contributed by atoms with van der Waals surface area (Å²) < 4.78 is 22.0. The standard InChI is InChI=1S/C23H22FN7O3/c1-3-30(23(33)16-11-25-28-13(16)2)18-10-15(6-7-17(18)24)34-21-9-8-20-26-19(12-31(20)29-21)27-22(32)14-4-5-14/h6-12,14H,3-5H2,1-2H3,(H,25,28)(H,27,32). The van der Waals surface area contributed by atoms with Crippen molar-refractivity contribution in [1.82, 2.24) is 24.8 Å². The number of anilines is 2. The Bertz CT molecular complexity index is 1390. The number of benzene rings is 1. The van der Waals surface area contributed by atoms with Gasteiger partial charge in [0, 0.05) is 30.3 Å². The number of imidazole rings is 1. The predicted octanol–water partition coefficient (Wildman–Crippen LogP) is 3.71. The van der Waals surface area contributed by atoms with E-state index >= 15 is 0 Å². The molecule has 10 nitrogen and oxygen atoms in total. The predicted molar refractivity (Wildman–Crippen MR) is 121 cm³/mol. The summed E-state index contributed by atoms with van der Waals surface area (Å²) in [6, 6.07) is 7.47. The number of fused-ring (bicyclic) bond motifs is 1. The second-order valence-corrected chi connectivity index (χ2v) is 8.04.